The van der Waals surface area contributed by atoms with Crippen molar-refractivity contribution in [1.82, 2.24) is 4.98 Å². The van der Waals surface area contributed by atoms with Crippen LogP contribution >= 0.6 is 15.9 Å². The summed E-state index contributed by atoms with van der Waals surface area (Å²) in [5.74, 6) is -0.471. The number of hydrogen-bond donors (Lipinski definition) is 1. The molecule has 4 heteroatoms. The van der Waals surface area contributed by atoms with Gasteiger partial charge in [0.2, 0.25) is 0 Å². The largest absolute Gasteiger partial charge is 0.365 e. The molecular weight excluding hydrogens is 244 g/mol. The van der Waals surface area contributed by atoms with E-state index in [4.69, 9.17) is 5.73 Å². The number of pyridine rings is 1. The van der Waals surface area contributed by atoms with Crippen LogP contribution in [0.25, 0.3) is 10.9 Å². The second-order valence-electron chi connectivity index (χ2n) is 2.86. The van der Waals surface area contributed by atoms with Crippen molar-refractivity contribution in [3.05, 3.63) is 40.5 Å². The van der Waals surface area contributed by atoms with Crippen molar-refractivity contribution in [2.45, 2.75) is 0 Å². The van der Waals surface area contributed by atoms with Crippen molar-refractivity contribution in [1.29, 1.82) is 0 Å². The summed E-state index contributed by atoms with van der Waals surface area (Å²) >= 11 is 3.28. The standard InChI is InChI=1S/C10H7BrN2O/c11-7-4-3-6-2-1-5-13-9(6)8(7)10(12)14/h1-5H,(H2,12,14). The molecule has 0 atom stereocenters. The van der Waals surface area contributed by atoms with Crippen molar-refractivity contribution < 1.29 is 4.79 Å². The van der Waals surface area contributed by atoms with Crippen LogP contribution in [0.3, 0.4) is 0 Å². The molecule has 0 unspecified atom stereocenters. The Morgan fingerprint density at radius 3 is 2.86 bits per heavy atom. The van der Waals surface area contributed by atoms with Crippen LogP contribution in [0.2, 0.25) is 0 Å². The molecule has 2 N–H and O–H groups in total. The van der Waals surface area contributed by atoms with Gasteiger partial charge in [-0.25, -0.2) is 0 Å². The first kappa shape index (κ1) is 9.15. The zero-order valence-electron chi connectivity index (χ0n) is 7.20. The fourth-order valence-electron chi connectivity index (χ4n) is 1.35. The quantitative estimate of drug-likeness (QED) is 0.843. The van der Waals surface area contributed by atoms with E-state index in [-0.39, 0.29) is 0 Å². The summed E-state index contributed by atoms with van der Waals surface area (Å²) in [5, 5.41) is 0.907. The van der Waals surface area contributed by atoms with Crippen molar-refractivity contribution in [2.24, 2.45) is 5.73 Å². The molecule has 0 aliphatic heterocycles. The van der Waals surface area contributed by atoms with Gasteiger partial charge in [-0.3, -0.25) is 9.78 Å². The minimum Gasteiger partial charge on any atom is -0.365 e. The van der Waals surface area contributed by atoms with Crippen molar-refractivity contribution in [2.75, 3.05) is 0 Å². The topological polar surface area (TPSA) is 56.0 Å². The number of benzene rings is 1. The first-order valence-corrected chi connectivity index (χ1v) is 4.82. The third-order valence-corrected chi connectivity index (χ3v) is 2.63. The maximum Gasteiger partial charge on any atom is 0.252 e. The number of fused-ring (bicyclic) bond motifs is 1. The van der Waals surface area contributed by atoms with E-state index in [0.29, 0.717) is 15.6 Å². The third kappa shape index (κ3) is 1.37. The van der Waals surface area contributed by atoms with Crippen LogP contribution in [-0.4, -0.2) is 10.9 Å². The summed E-state index contributed by atoms with van der Waals surface area (Å²) in [6.45, 7) is 0. The number of primary amides is 1. The van der Waals surface area contributed by atoms with Gasteiger partial charge in [0, 0.05) is 16.1 Å². The monoisotopic (exact) mass is 250 g/mol. The lowest BCUT2D eigenvalue weighted by Crippen LogP contribution is -2.12. The Kier molecular flexibility index (Phi) is 2.21. The number of nitrogens with zero attached hydrogens (tertiary/aromatic N) is 1. The lowest BCUT2D eigenvalue weighted by atomic mass is 10.1. The molecular formula is C10H7BrN2O. The van der Waals surface area contributed by atoms with Crippen LogP contribution in [0.4, 0.5) is 0 Å². The minimum atomic E-state index is -0.471. The van der Waals surface area contributed by atoms with E-state index in [9.17, 15) is 4.79 Å². The number of rotatable bonds is 1. The van der Waals surface area contributed by atoms with Gasteiger partial charge in [0.15, 0.2) is 0 Å². The molecule has 0 saturated carbocycles. The van der Waals surface area contributed by atoms with Crippen molar-refractivity contribution in [3.63, 3.8) is 0 Å². The van der Waals surface area contributed by atoms with Gasteiger partial charge < -0.3 is 5.73 Å². The molecule has 2 rings (SSSR count). The van der Waals surface area contributed by atoms with Crippen molar-refractivity contribution >= 4 is 32.7 Å². The third-order valence-electron chi connectivity index (χ3n) is 1.97. The van der Waals surface area contributed by atoms with Gasteiger partial charge in [-0.2, -0.15) is 0 Å². The minimum absolute atomic E-state index is 0.433. The predicted octanol–water partition coefficient (Wildman–Crippen LogP) is 2.10. The van der Waals surface area contributed by atoms with E-state index in [1.165, 1.54) is 0 Å². The van der Waals surface area contributed by atoms with Gasteiger partial charge >= 0.3 is 0 Å². The number of hydrogen-bond acceptors (Lipinski definition) is 2. The molecule has 70 valence electrons. The highest BCUT2D eigenvalue weighted by Gasteiger charge is 2.11. The number of aromatic nitrogens is 1. The number of carbonyl (C=O) groups is 1. The first-order chi connectivity index (χ1) is 6.70. The van der Waals surface area contributed by atoms with Gasteiger partial charge in [0.25, 0.3) is 5.91 Å². The van der Waals surface area contributed by atoms with Crippen LogP contribution in [-0.2, 0) is 0 Å². The van der Waals surface area contributed by atoms with Gasteiger partial charge in [0.1, 0.15) is 0 Å². The van der Waals surface area contributed by atoms with Gasteiger partial charge in [0.05, 0.1) is 11.1 Å². The van der Waals surface area contributed by atoms with Crippen molar-refractivity contribution in [3.8, 4) is 0 Å². The van der Waals surface area contributed by atoms with Crippen LogP contribution in [0.15, 0.2) is 34.9 Å². The zero-order chi connectivity index (χ0) is 10.1. The van der Waals surface area contributed by atoms with E-state index in [1.54, 1.807) is 12.3 Å². The number of amides is 1. The van der Waals surface area contributed by atoms with Crippen LogP contribution in [0.5, 0.6) is 0 Å². The Labute approximate surface area is 89.1 Å². The molecule has 0 spiro atoms. The SMILES string of the molecule is NC(=O)c1c(Br)ccc2cccnc12. The fourth-order valence-corrected chi connectivity index (χ4v) is 1.87. The Bertz CT molecular complexity index is 510. The molecule has 1 heterocycles. The Balaban J connectivity index is 2.90. The molecule has 3 nitrogen and oxygen atoms in total. The molecule has 2 aromatic rings. The Hall–Kier alpha value is -1.42. The molecule has 0 saturated heterocycles. The molecule has 0 aliphatic carbocycles. The van der Waals surface area contributed by atoms with Gasteiger partial charge in [-0.1, -0.05) is 12.1 Å². The zero-order valence-corrected chi connectivity index (χ0v) is 8.78. The maximum absolute atomic E-state index is 11.2. The number of nitrogens with two attached hydrogens (primary N) is 1. The summed E-state index contributed by atoms with van der Waals surface area (Å²) in [6, 6.07) is 7.39. The van der Waals surface area contributed by atoms with Crippen LogP contribution in [0, 0.1) is 0 Å². The lowest BCUT2D eigenvalue weighted by molar-refractivity contribution is 0.100. The second-order valence-corrected chi connectivity index (χ2v) is 3.72. The highest BCUT2D eigenvalue weighted by Crippen LogP contribution is 2.24. The summed E-state index contributed by atoms with van der Waals surface area (Å²) in [5.41, 5.74) is 6.34. The summed E-state index contributed by atoms with van der Waals surface area (Å²) in [4.78, 5) is 15.3. The van der Waals surface area contributed by atoms with Gasteiger partial charge in [-0.05, 0) is 28.1 Å². The Morgan fingerprint density at radius 1 is 1.36 bits per heavy atom. The summed E-state index contributed by atoms with van der Waals surface area (Å²) in [7, 11) is 0. The molecule has 1 amide bonds. The molecule has 1 aromatic heterocycles. The molecule has 14 heavy (non-hydrogen) atoms. The van der Waals surface area contributed by atoms with Crippen LogP contribution < -0.4 is 5.73 Å². The van der Waals surface area contributed by atoms with Gasteiger partial charge in [-0.15, -0.1) is 0 Å². The van der Waals surface area contributed by atoms with E-state index in [2.05, 4.69) is 20.9 Å². The molecule has 1 aromatic carbocycles. The number of halogens is 1. The lowest BCUT2D eigenvalue weighted by Gasteiger charge is -2.03. The molecule has 0 fully saturated rings. The normalized spacial score (nSPS) is 10.4. The van der Waals surface area contributed by atoms with Crippen LogP contribution in [0.1, 0.15) is 10.4 Å². The highest BCUT2D eigenvalue weighted by molar-refractivity contribution is 9.10. The average molecular weight is 251 g/mol. The molecule has 0 bridgehead atoms. The molecule has 0 radical (unpaired) electrons. The number of carbonyl (C=O) groups excluding carboxylic acids is 1. The average Bonchev–Trinajstić information content (AvgIpc) is 2.17. The Morgan fingerprint density at radius 2 is 2.14 bits per heavy atom. The predicted molar refractivity (Wildman–Crippen MR) is 58.0 cm³/mol. The highest BCUT2D eigenvalue weighted by atomic mass is 79.9. The second kappa shape index (κ2) is 3.38. The fraction of sp³-hybridized carbons (Fsp3) is 0. The van der Waals surface area contributed by atoms with E-state index >= 15 is 0 Å². The van der Waals surface area contributed by atoms with E-state index in [1.807, 2.05) is 18.2 Å². The first-order valence-electron chi connectivity index (χ1n) is 4.03. The molecule has 0 aliphatic rings. The van der Waals surface area contributed by atoms with E-state index in [0.717, 1.165) is 5.39 Å². The maximum atomic E-state index is 11.2. The van der Waals surface area contributed by atoms with E-state index < -0.39 is 5.91 Å². The summed E-state index contributed by atoms with van der Waals surface area (Å²) < 4.78 is 0.677. The smallest absolute Gasteiger partial charge is 0.252 e. The summed E-state index contributed by atoms with van der Waals surface area (Å²) in [6.07, 6.45) is 1.64.